The Morgan fingerprint density at radius 2 is 1.72 bits per heavy atom. The summed E-state index contributed by atoms with van der Waals surface area (Å²) in [6.07, 6.45) is 2.33. The van der Waals surface area contributed by atoms with Gasteiger partial charge in [-0.05, 0) is 11.6 Å². The second-order valence-corrected chi connectivity index (χ2v) is 4.41. The summed E-state index contributed by atoms with van der Waals surface area (Å²) in [7, 11) is 0. The van der Waals surface area contributed by atoms with Crippen molar-refractivity contribution in [3.8, 4) is 11.1 Å². The number of halogens is 2. The predicted octanol–water partition coefficient (Wildman–Crippen LogP) is 2.39. The molecular formula is C12H8Cl2N2O2. The van der Waals surface area contributed by atoms with Gasteiger partial charge in [0.05, 0.1) is 0 Å². The highest BCUT2D eigenvalue weighted by molar-refractivity contribution is 6.39. The summed E-state index contributed by atoms with van der Waals surface area (Å²) in [6.45, 7) is 0. The lowest BCUT2D eigenvalue weighted by molar-refractivity contribution is -0.605. The Hall–Kier alpha value is -1.78. The van der Waals surface area contributed by atoms with Crippen LogP contribution in [-0.2, 0) is 0 Å². The van der Waals surface area contributed by atoms with Crippen LogP contribution in [0.1, 0.15) is 10.4 Å². The number of benzene rings is 1. The number of amides is 1. The Balaban J connectivity index is 2.74. The quantitative estimate of drug-likeness (QED) is 0.679. The molecule has 1 heterocycles. The maximum absolute atomic E-state index is 11.4. The van der Waals surface area contributed by atoms with Crippen molar-refractivity contribution in [3.63, 3.8) is 0 Å². The number of primary amides is 1. The van der Waals surface area contributed by atoms with Gasteiger partial charge in [-0.2, -0.15) is 4.73 Å². The predicted molar refractivity (Wildman–Crippen MR) is 69.4 cm³/mol. The maximum atomic E-state index is 11.4. The second kappa shape index (κ2) is 4.84. The van der Waals surface area contributed by atoms with Crippen molar-refractivity contribution in [3.05, 3.63) is 57.5 Å². The summed E-state index contributed by atoms with van der Waals surface area (Å²) in [5.41, 5.74) is 6.50. The highest BCUT2D eigenvalue weighted by Gasteiger charge is 2.18. The van der Waals surface area contributed by atoms with Crippen molar-refractivity contribution < 1.29 is 9.52 Å². The van der Waals surface area contributed by atoms with E-state index in [1.807, 2.05) is 0 Å². The number of nitrogens with zero attached hydrogens (tertiary/aromatic N) is 1. The fourth-order valence-electron chi connectivity index (χ4n) is 1.68. The molecule has 2 rings (SSSR count). The third kappa shape index (κ3) is 2.25. The summed E-state index contributed by atoms with van der Waals surface area (Å²) >= 11 is 12.0. The van der Waals surface area contributed by atoms with Crippen molar-refractivity contribution in [1.82, 2.24) is 0 Å². The summed E-state index contributed by atoms with van der Waals surface area (Å²) in [5.74, 6) is -0.586. The van der Waals surface area contributed by atoms with E-state index in [1.54, 1.807) is 24.3 Å². The molecule has 1 amide bonds. The molecule has 92 valence electrons. The van der Waals surface area contributed by atoms with Crippen molar-refractivity contribution in [2.75, 3.05) is 0 Å². The van der Waals surface area contributed by atoms with E-state index >= 15 is 0 Å². The lowest BCUT2D eigenvalue weighted by Gasteiger charge is -2.10. The molecule has 0 aliphatic rings. The van der Waals surface area contributed by atoms with Gasteiger partial charge in [0.15, 0.2) is 12.4 Å². The number of pyridine rings is 1. The van der Waals surface area contributed by atoms with E-state index in [9.17, 15) is 10.0 Å². The van der Waals surface area contributed by atoms with E-state index in [1.165, 1.54) is 12.4 Å². The topological polar surface area (TPSA) is 70.0 Å². The zero-order chi connectivity index (χ0) is 13.3. The van der Waals surface area contributed by atoms with E-state index in [4.69, 9.17) is 28.9 Å². The molecule has 0 radical (unpaired) electrons. The molecule has 2 N–H and O–H groups in total. The monoisotopic (exact) mass is 282 g/mol. The number of carbonyl (C=O) groups excluding carboxylic acids is 1. The van der Waals surface area contributed by atoms with Crippen LogP contribution in [0.3, 0.4) is 0 Å². The smallest absolute Gasteiger partial charge is 0.249 e. The van der Waals surface area contributed by atoms with Gasteiger partial charge in [0.1, 0.15) is 10.0 Å². The molecule has 1 aromatic carbocycles. The first kappa shape index (κ1) is 12.7. The lowest BCUT2D eigenvalue weighted by atomic mass is 10.0. The molecule has 0 saturated heterocycles. The van der Waals surface area contributed by atoms with Crippen LogP contribution in [0.2, 0.25) is 10.0 Å². The van der Waals surface area contributed by atoms with Gasteiger partial charge in [0.2, 0.25) is 5.91 Å². The van der Waals surface area contributed by atoms with E-state index in [2.05, 4.69) is 0 Å². The van der Waals surface area contributed by atoms with Gasteiger partial charge in [-0.15, -0.1) is 0 Å². The Morgan fingerprint density at radius 3 is 2.28 bits per heavy atom. The van der Waals surface area contributed by atoms with Gasteiger partial charge in [-0.3, -0.25) is 4.79 Å². The van der Waals surface area contributed by atoms with E-state index in [0.717, 1.165) is 0 Å². The molecule has 4 nitrogen and oxygen atoms in total. The van der Waals surface area contributed by atoms with Crippen LogP contribution in [-0.4, -0.2) is 5.91 Å². The molecule has 0 spiro atoms. The summed E-state index contributed by atoms with van der Waals surface area (Å²) in [4.78, 5) is 11.4. The normalized spacial score (nSPS) is 10.3. The first-order valence-corrected chi connectivity index (χ1v) is 5.73. The Labute approximate surface area is 113 Å². The Morgan fingerprint density at radius 1 is 1.17 bits per heavy atom. The van der Waals surface area contributed by atoms with E-state index in [-0.39, 0.29) is 10.0 Å². The Bertz CT molecular complexity index is 606. The van der Waals surface area contributed by atoms with E-state index < -0.39 is 5.91 Å². The average molecular weight is 283 g/mol. The van der Waals surface area contributed by atoms with Crippen LogP contribution in [0.4, 0.5) is 0 Å². The molecule has 2 aromatic rings. The van der Waals surface area contributed by atoms with Crippen molar-refractivity contribution in [1.29, 1.82) is 0 Å². The lowest BCUT2D eigenvalue weighted by Crippen LogP contribution is -2.24. The molecule has 0 atom stereocenters. The van der Waals surface area contributed by atoms with Crippen molar-refractivity contribution in [2.45, 2.75) is 0 Å². The van der Waals surface area contributed by atoms with Crippen LogP contribution >= 0.6 is 23.2 Å². The molecule has 0 saturated carbocycles. The largest absolute Gasteiger partial charge is 0.619 e. The van der Waals surface area contributed by atoms with Crippen LogP contribution in [0.5, 0.6) is 0 Å². The second-order valence-electron chi connectivity index (χ2n) is 3.60. The first-order valence-electron chi connectivity index (χ1n) is 4.97. The van der Waals surface area contributed by atoms with Gasteiger partial charge in [-0.1, -0.05) is 41.4 Å². The van der Waals surface area contributed by atoms with Crippen LogP contribution in [0.25, 0.3) is 11.1 Å². The fourth-order valence-corrected chi connectivity index (χ4v) is 2.33. The number of rotatable bonds is 2. The summed E-state index contributed by atoms with van der Waals surface area (Å²) < 4.78 is 0.501. The maximum Gasteiger partial charge on any atom is 0.249 e. The van der Waals surface area contributed by atoms with Crippen molar-refractivity contribution >= 4 is 29.1 Å². The van der Waals surface area contributed by atoms with Crippen LogP contribution in [0.15, 0.2) is 36.7 Å². The Kier molecular flexibility index (Phi) is 3.41. The standard InChI is InChI=1S/C12H8Cl2N2O2/c13-9-5-16(18)6-10(14)11(9)7-3-1-2-4-8(7)12(15)17/h1-6H,(H2,15,17). The minimum absolute atomic E-state index is 0.159. The number of aromatic nitrogens is 1. The molecule has 0 unspecified atom stereocenters. The minimum atomic E-state index is -0.586. The number of nitrogens with two attached hydrogens (primary N) is 1. The summed E-state index contributed by atoms with van der Waals surface area (Å²) in [6, 6.07) is 6.65. The molecule has 0 bridgehead atoms. The third-order valence-electron chi connectivity index (χ3n) is 2.42. The molecule has 18 heavy (non-hydrogen) atoms. The molecule has 0 fully saturated rings. The number of carbonyl (C=O) groups is 1. The van der Waals surface area contributed by atoms with Gasteiger partial charge < -0.3 is 10.9 Å². The van der Waals surface area contributed by atoms with E-state index in [0.29, 0.717) is 21.4 Å². The van der Waals surface area contributed by atoms with Gasteiger partial charge in [0, 0.05) is 11.1 Å². The van der Waals surface area contributed by atoms with Gasteiger partial charge in [-0.25, -0.2) is 0 Å². The molecule has 1 aromatic heterocycles. The van der Waals surface area contributed by atoms with Crippen molar-refractivity contribution in [2.24, 2.45) is 5.73 Å². The average Bonchev–Trinajstić information content (AvgIpc) is 2.28. The number of hydrogen-bond acceptors (Lipinski definition) is 2. The zero-order valence-electron chi connectivity index (χ0n) is 9.06. The third-order valence-corrected chi connectivity index (χ3v) is 2.99. The fraction of sp³-hybridized carbons (Fsp3) is 0. The minimum Gasteiger partial charge on any atom is -0.619 e. The van der Waals surface area contributed by atoms with Crippen LogP contribution in [0, 0.1) is 5.21 Å². The summed E-state index contributed by atoms with van der Waals surface area (Å²) in [5, 5.41) is 11.5. The van der Waals surface area contributed by atoms with Crippen LogP contribution < -0.4 is 10.5 Å². The molecule has 0 aliphatic carbocycles. The zero-order valence-corrected chi connectivity index (χ0v) is 10.6. The SMILES string of the molecule is NC(=O)c1ccccc1-c1c(Cl)c[n+]([O-])cc1Cl. The molecule has 0 aliphatic heterocycles. The highest BCUT2D eigenvalue weighted by atomic mass is 35.5. The molecule has 6 heteroatoms. The molecular weight excluding hydrogens is 275 g/mol. The number of hydrogen-bond donors (Lipinski definition) is 1. The van der Waals surface area contributed by atoms with Gasteiger partial charge in [0.25, 0.3) is 0 Å². The van der Waals surface area contributed by atoms with Gasteiger partial charge >= 0.3 is 0 Å². The first-order chi connectivity index (χ1) is 8.50. The highest BCUT2D eigenvalue weighted by Crippen LogP contribution is 2.35.